The van der Waals surface area contributed by atoms with Gasteiger partial charge in [0.1, 0.15) is 5.58 Å². The quantitative estimate of drug-likeness (QED) is 0.534. The summed E-state index contributed by atoms with van der Waals surface area (Å²) in [6, 6.07) is 17.2. The lowest BCUT2D eigenvalue weighted by Crippen LogP contribution is -2.41. The number of likely N-dealkylation sites (tertiary alicyclic amines) is 1. The van der Waals surface area contributed by atoms with Gasteiger partial charge in [0.15, 0.2) is 10.8 Å². The number of carbonyl (C=O) groups excluding carboxylic acids is 2. The molecule has 2 amide bonds. The number of nitrogens with zero attached hydrogens (tertiary/aromatic N) is 2. The normalized spacial score (nSPS) is 15.0. The van der Waals surface area contributed by atoms with E-state index in [0.717, 1.165) is 34.0 Å². The highest BCUT2D eigenvalue weighted by Gasteiger charge is 2.26. The number of aromatic nitrogens is 1. The molecule has 7 heteroatoms. The highest BCUT2D eigenvalue weighted by atomic mass is 32.1. The van der Waals surface area contributed by atoms with E-state index >= 15 is 0 Å². The third-order valence-corrected chi connectivity index (χ3v) is 6.61. The monoisotopic (exact) mass is 419 g/mol. The molecule has 1 aliphatic heterocycles. The van der Waals surface area contributed by atoms with Crippen molar-refractivity contribution >= 4 is 44.3 Å². The number of piperidine rings is 1. The minimum absolute atomic E-state index is 0.0665. The molecular weight excluding hydrogens is 398 g/mol. The topological polar surface area (TPSA) is 75.4 Å². The van der Waals surface area contributed by atoms with Gasteiger partial charge in [-0.1, -0.05) is 30.3 Å². The molecule has 5 rings (SSSR count). The molecule has 152 valence electrons. The van der Waals surface area contributed by atoms with Crippen molar-refractivity contribution in [3.8, 4) is 0 Å². The van der Waals surface area contributed by atoms with Crippen LogP contribution in [0.4, 0.5) is 0 Å². The van der Waals surface area contributed by atoms with Crippen molar-refractivity contribution in [2.45, 2.75) is 12.8 Å². The van der Waals surface area contributed by atoms with Gasteiger partial charge in [-0.3, -0.25) is 9.59 Å². The van der Waals surface area contributed by atoms with Crippen LogP contribution in [-0.2, 0) is 0 Å². The van der Waals surface area contributed by atoms with E-state index in [1.807, 2.05) is 59.5 Å². The SMILES string of the molecule is O=C(NCC1CCN(C(=O)c2cc3ccccc3o2)CC1)c1nc2ccccc2s1. The molecular formula is C23H21N3O3S. The Hall–Kier alpha value is -3.19. The zero-order valence-electron chi connectivity index (χ0n) is 16.3. The fourth-order valence-electron chi connectivity index (χ4n) is 3.87. The fourth-order valence-corrected chi connectivity index (χ4v) is 4.75. The van der Waals surface area contributed by atoms with Gasteiger partial charge in [-0.2, -0.15) is 0 Å². The molecule has 0 radical (unpaired) electrons. The number of fused-ring (bicyclic) bond motifs is 2. The summed E-state index contributed by atoms with van der Waals surface area (Å²) in [6.07, 6.45) is 1.71. The maximum absolute atomic E-state index is 12.8. The van der Waals surface area contributed by atoms with Gasteiger partial charge in [0, 0.05) is 25.0 Å². The van der Waals surface area contributed by atoms with Gasteiger partial charge < -0.3 is 14.6 Å². The molecule has 0 atom stereocenters. The van der Waals surface area contributed by atoms with Gasteiger partial charge in [0.05, 0.1) is 10.2 Å². The van der Waals surface area contributed by atoms with Crippen LogP contribution in [0.1, 0.15) is 33.2 Å². The van der Waals surface area contributed by atoms with Crippen molar-refractivity contribution in [2.24, 2.45) is 5.92 Å². The highest BCUT2D eigenvalue weighted by Crippen LogP contribution is 2.24. The summed E-state index contributed by atoms with van der Waals surface area (Å²) < 4.78 is 6.72. The summed E-state index contributed by atoms with van der Waals surface area (Å²) in [7, 11) is 0. The van der Waals surface area contributed by atoms with E-state index < -0.39 is 0 Å². The second-order valence-electron chi connectivity index (χ2n) is 7.58. The summed E-state index contributed by atoms with van der Waals surface area (Å²) in [5.41, 5.74) is 1.58. The number of benzene rings is 2. The highest BCUT2D eigenvalue weighted by molar-refractivity contribution is 7.20. The van der Waals surface area contributed by atoms with Crippen LogP contribution in [0.5, 0.6) is 0 Å². The number of rotatable bonds is 4. The molecule has 1 aliphatic rings. The Morgan fingerprint density at radius 3 is 2.67 bits per heavy atom. The maximum Gasteiger partial charge on any atom is 0.289 e. The molecule has 3 heterocycles. The molecule has 30 heavy (non-hydrogen) atoms. The Kier molecular flexibility index (Phi) is 4.96. The minimum atomic E-state index is -0.128. The van der Waals surface area contributed by atoms with Gasteiger partial charge in [0.2, 0.25) is 0 Å². The van der Waals surface area contributed by atoms with Gasteiger partial charge in [-0.15, -0.1) is 11.3 Å². The maximum atomic E-state index is 12.8. The first-order valence-corrected chi connectivity index (χ1v) is 10.9. The van der Waals surface area contributed by atoms with Crippen molar-refractivity contribution in [2.75, 3.05) is 19.6 Å². The largest absolute Gasteiger partial charge is 0.451 e. The first kappa shape index (κ1) is 18.8. The summed E-state index contributed by atoms with van der Waals surface area (Å²) in [5, 5.41) is 4.44. The number of furan rings is 1. The molecule has 2 aromatic carbocycles. The fraction of sp³-hybridized carbons (Fsp3) is 0.261. The van der Waals surface area contributed by atoms with E-state index in [9.17, 15) is 9.59 Å². The van der Waals surface area contributed by atoms with Gasteiger partial charge >= 0.3 is 0 Å². The Labute approximate surface area is 177 Å². The molecule has 0 spiro atoms. The number of para-hydroxylation sites is 2. The summed E-state index contributed by atoms with van der Waals surface area (Å²) in [5.74, 6) is 0.544. The number of carbonyl (C=O) groups is 2. The molecule has 0 bridgehead atoms. The third kappa shape index (κ3) is 3.68. The van der Waals surface area contributed by atoms with Crippen LogP contribution in [0.2, 0.25) is 0 Å². The smallest absolute Gasteiger partial charge is 0.289 e. The van der Waals surface area contributed by atoms with Crippen molar-refractivity contribution in [3.05, 3.63) is 65.4 Å². The van der Waals surface area contributed by atoms with Crippen molar-refractivity contribution < 1.29 is 14.0 Å². The molecule has 1 saturated heterocycles. The van der Waals surface area contributed by atoms with E-state index in [0.29, 0.717) is 36.3 Å². The van der Waals surface area contributed by atoms with E-state index in [2.05, 4.69) is 10.3 Å². The molecule has 1 N–H and O–H groups in total. The Bertz CT molecular complexity index is 1150. The second kappa shape index (κ2) is 7.91. The number of amides is 2. The lowest BCUT2D eigenvalue weighted by atomic mass is 9.96. The predicted molar refractivity (Wildman–Crippen MR) is 117 cm³/mol. The van der Waals surface area contributed by atoms with Crippen molar-refractivity contribution in [1.29, 1.82) is 0 Å². The van der Waals surface area contributed by atoms with Crippen LogP contribution in [0.25, 0.3) is 21.2 Å². The zero-order valence-corrected chi connectivity index (χ0v) is 17.2. The molecule has 1 fully saturated rings. The second-order valence-corrected chi connectivity index (χ2v) is 8.61. The number of hydrogen-bond donors (Lipinski definition) is 1. The first-order chi connectivity index (χ1) is 14.7. The molecule has 0 aliphatic carbocycles. The van der Waals surface area contributed by atoms with E-state index in [-0.39, 0.29) is 11.8 Å². The van der Waals surface area contributed by atoms with Gasteiger partial charge in [0.25, 0.3) is 11.8 Å². The predicted octanol–water partition coefficient (Wildman–Crippen LogP) is 4.32. The Morgan fingerprint density at radius 2 is 1.87 bits per heavy atom. The zero-order chi connectivity index (χ0) is 20.5. The summed E-state index contributed by atoms with van der Waals surface area (Å²) in [6.45, 7) is 1.93. The van der Waals surface area contributed by atoms with Crippen LogP contribution in [-0.4, -0.2) is 41.3 Å². The number of nitrogens with one attached hydrogen (secondary N) is 1. The summed E-state index contributed by atoms with van der Waals surface area (Å²) >= 11 is 1.41. The van der Waals surface area contributed by atoms with Crippen LogP contribution >= 0.6 is 11.3 Å². The molecule has 0 unspecified atom stereocenters. The van der Waals surface area contributed by atoms with E-state index in [1.165, 1.54) is 11.3 Å². The molecule has 6 nitrogen and oxygen atoms in total. The molecule has 0 saturated carbocycles. The van der Waals surface area contributed by atoms with E-state index in [4.69, 9.17) is 4.42 Å². The van der Waals surface area contributed by atoms with Crippen LogP contribution in [0, 0.1) is 5.92 Å². The van der Waals surface area contributed by atoms with E-state index in [1.54, 1.807) is 0 Å². The number of hydrogen-bond acceptors (Lipinski definition) is 5. The molecule has 2 aromatic heterocycles. The number of thiazole rings is 1. The lowest BCUT2D eigenvalue weighted by Gasteiger charge is -2.31. The van der Waals surface area contributed by atoms with Crippen molar-refractivity contribution in [1.82, 2.24) is 15.2 Å². The van der Waals surface area contributed by atoms with Gasteiger partial charge in [-0.25, -0.2) is 4.98 Å². The third-order valence-electron chi connectivity index (χ3n) is 5.58. The Morgan fingerprint density at radius 1 is 1.10 bits per heavy atom. The summed E-state index contributed by atoms with van der Waals surface area (Å²) in [4.78, 5) is 31.5. The van der Waals surface area contributed by atoms with Crippen LogP contribution in [0.3, 0.4) is 0 Å². The standard InChI is InChI=1S/C23H21N3O3S/c27-21(22-25-17-6-2-4-8-20(17)30-22)24-14-15-9-11-26(12-10-15)23(28)19-13-16-5-1-3-7-18(16)29-19/h1-8,13,15H,9-12,14H2,(H,24,27). The average molecular weight is 420 g/mol. The van der Waals surface area contributed by atoms with Gasteiger partial charge in [-0.05, 0) is 43.0 Å². The lowest BCUT2D eigenvalue weighted by molar-refractivity contribution is 0.0655. The first-order valence-electron chi connectivity index (χ1n) is 10.1. The molecule has 4 aromatic rings. The van der Waals surface area contributed by atoms with Crippen molar-refractivity contribution in [3.63, 3.8) is 0 Å². The van der Waals surface area contributed by atoms with Crippen LogP contribution in [0.15, 0.2) is 59.0 Å². The van der Waals surface area contributed by atoms with Crippen LogP contribution < -0.4 is 5.32 Å². The average Bonchev–Trinajstić information content (AvgIpc) is 3.41. The minimum Gasteiger partial charge on any atom is -0.451 e. The Balaban J connectivity index is 1.15.